The van der Waals surface area contributed by atoms with Crippen molar-refractivity contribution in [3.63, 3.8) is 0 Å². The number of fused-ring (bicyclic) bond motifs is 1. The smallest absolute Gasteiger partial charge is 0.248 e. The first-order valence-electron chi connectivity index (χ1n) is 13.5. The van der Waals surface area contributed by atoms with Crippen LogP contribution in [0, 0.1) is 5.92 Å². The monoisotopic (exact) mass is 621 g/mol. The fraction of sp³-hybridized carbons (Fsp3) is 0.533. The number of aromatic nitrogens is 2. The molecule has 3 unspecified atom stereocenters. The molecule has 1 aromatic carbocycles. The number of hydrogen-bond acceptors (Lipinski definition) is 7. The van der Waals surface area contributed by atoms with E-state index in [0.29, 0.717) is 49.2 Å². The summed E-state index contributed by atoms with van der Waals surface area (Å²) in [6.07, 6.45) is 1.41. The molecule has 3 atom stereocenters. The summed E-state index contributed by atoms with van der Waals surface area (Å²) in [7, 11) is 8.40. The number of hydrogen-bond donors (Lipinski definition) is 1. The Labute approximate surface area is 243 Å². The van der Waals surface area contributed by atoms with E-state index in [2.05, 4.69) is 20.9 Å². The molecule has 0 aliphatic heterocycles. The number of alkyl halides is 2. The van der Waals surface area contributed by atoms with Gasteiger partial charge in [0.1, 0.15) is 0 Å². The van der Waals surface area contributed by atoms with Gasteiger partial charge in [-0.15, -0.1) is 0 Å². The van der Waals surface area contributed by atoms with Crippen LogP contribution in [0.4, 0.5) is 8.78 Å². The average molecular weight is 623 g/mol. The summed E-state index contributed by atoms with van der Waals surface area (Å²) >= 11 is 3.54. The van der Waals surface area contributed by atoms with E-state index in [-0.39, 0.29) is 30.5 Å². The second-order valence-electron chi connectivity index (χ2n) is 10.9. The van der Waals surface area contributed by atoms with E-state index in [1.165, 1.54) is 14.2 Å². The molecule has 0 radical (unpaired) electrons. The highest BCUT2D eigenvalue weighted by Crippen LogP contribution is 2.50. The standard InChI is InChI=1S/C30H38BrF2N3O4/c1-36(2)12-11-30(37,21-16-26(38-3)35-27(17-21)39-4)24(13-19-7-6-10-29(32,33)18-19)23-15-20-14-22(31)8-9-25(20)34-28(23)40-5/h8-9,14-17,19,24,37H,6-7,10-13,18H2,1-5H3. The van der Waals surface area contributed by atoms with Crippen molar-refractivity contribution in [2.24, 2.45) is 5.92 Å². The lowest BCUT2D eigenvalue weighted by Crippen LogP contribution is -2.39. The minimum absolute atomic E-state index is 0.104. The number of aliphatic hydroxyl groups is 1. The molecule has 1 saturated carbocycles. The van der Waals surface area contributed by atoms with Gasteiger partial charge in [0.15, 0.2) is 0 Å². The Morgan fingerprint density at radius 3 is 2.38 bits per heavy atom. The minimum Gasteiger partial charge on any atom is -0.481 e. The molecule has 40 heavy (non-hydrogen) atoms. The maximum Gasteiger partial charge on any atom is 0.248 e. The van der Waals surface area contributed by atoms with Crippen molar-refractivity contribution >= 4 is 26.8 Å². The van der Waals surface area contributed by atoms with Gasteiger partial charge in [-0.25, -0.2) is 13.8 Å². The Hall–Kier alpha value is -2.56. The summed E-state index contributed by atoms with van der Waals surface area (Å²) in [5.41, 5.74) is 0.408. The summed E-state index contributed by atoms with van der Waals surface area (Å²) in [4.78, 5) is 11.1. The topological polar surface area (TPSA) is 76.9 Å². The first kappa shape index (κ1) is 30.4. The minimum atomic E-state index is -2.73. The van der Waals surface area contributed by atoms with Gasteiger partial charge in [0, 0.05) is 52.9 Å². The van der Waals surface area contributed by atoms with Gasteiger partial charge in [-0.3, -0.25) is 0 Å². The lowest BCUT2D eigenvalue weighted by atomic mass is 9.69. The molecular weight excluding hydrogens is 584 g/mol. The quantitative estimate of drug-likeness (QED) is 0.260. The van der Waals surface area contributed by atoms with Gasteiger partial charge in [-0.2, -0.15) is 4.98 Å². The lowest BCUT2D eigenvalue weighted by Gasteiger charge is -2.41. The van der Waals surface area contributed by atoms with E-state index < -0.39 is 17.4 Å². The zero-order chi connectivity index (χ0) is 29.1. The highest BCUT2D eigenvalue weighted by Gasteiger charge is 2.45. The van der Waals surface area contributed by atoms with Crippen LogP contribution in [-0.4, -0.2) is 67.9 Å². The summed E-state index contributed by atoms with van der Waals surface area (Å²) in [6.45, 7) is 0.537. The number of pyridine rings is 2. The highest BCUT2D eigenvalue weighted by atomic mass is 79.9. The average Bonchev–Trinajstić information content (AvgIpc) is 2.93. The van der Waals surface area contributed by atoms with Crippen LogP contribution in [0.5, 0.6) is 17.6 Å². The molecule has 2 heterocycles. The predicted molar refractivity (Wildman–Crippen MR) is 155 cm³/mol. The second kappa shape index (κ2) is 12.5. The zero-order valence-corrected chi connectivity index (χ0v) is 25.3. The number of rotatable bonds is 11. The van der Waals surface area contributed by atoms with Crippen molar-refractivity contribution in [2.45, 2.75) is 56.0 Å². The van der Waals surface area contributed by atoms with Crippen LogP contribution < -0.4 is 14.2 Å². The Bertz CT molecular complexity index is 1300. The Morgan fingerprint density at radius 2 is 1.77 bits per heavy atom. The molecule has 1 aliphatic rings. The van der Waals surface area contributed by atoms with Crippen molar-refractivity contribution in [1.82, 2.24) is 14.9 Å². The molecule has 0 saturated heterocycles. The fourth-order valence-electron chi connectivity index (χ4n) is 5.80. The molecule has 3 aromatic rings. The van der Waals surface area contributed by atoms with Crippen molar-refractivity contribution in [2.75, 3.05) is 42.0 Å². The molecule has 1 fully saturated rings. The van der Waals surface area contributed by atoms with Crippen LogP contribution in [0.1, 0.15) is 55.6 Å². The molecule has 7 nitrogen and oxygen atoms in total. The zero-order valence-electron chi connectivity index (χ0n) is 23.7. The van der Waals surface area contributed by atoms with E-state index in [1.807, 2.05) is 43.3 Å². The lowest BCUT2D eigenvalue weighted by molar-refractivity contribution is -0.0652. The largest absolute Gasteiger partial charge is 0.481 e. The molecule has 218 valence electrons. The molecule has 2 aromatic heterocycles. The Kier molecular flexibility index (Phi) is 9.52. The van der Waals surface area contributed by atoms with Crippen LogP contribution >= 0.6 is 15.9 Å². The molecular formula is C30H38BrF2N3O4. The van der Waals surface area contributed by atoms with Gasteiger partial charge >= 0.3 is 0 Å². The summed E-state index contributed by atoms with van der Waals surface area (Å²) in [6, 6.07) is 11.1. The number of ether oxygens (including phenoxy) is 3. The molecule has 1 aliphatic carbocycles. The van der Waals surface area contributed by atoms with Gasteiger partial charge in [0.25, 0.3) is 0 Å². The summed E-state index contributed by atoms with van der Waals surface area (Å²) < 4.78 is 46.8. The third-order valence-corrected chi connectivity index (χ3v) is 8.36. The normalized spacial score (nSPS) is 19.3. The molecule has 0 bridgehead atoms. The van der Waals surface area contributed by atoms with Crippen LogP contribution in [0.3, 0.4) is 0 Å². The van der Waals surface area contributed by atoms with Crippen molar-refractivity contribution in [3.8, 4) is 17.6 Å². The van der Waals surface area contributed by atoms with Gasteiger partial charge < -0.3 is 24.2 Å². The predicted octanol–water partition coefficient (Wildman–Crippen LogP) is 6.56. The Balaban J connectivity index is 1.95. The molecule has 0 spiro atoms. The number of benzene rings is 1. The molecule has 4 rings (SSSR count). The number of nitrogens with zero attached hydrogens (tertiary/aromatic N) is 3. The Morgan fingerprint density at radius 1 is 1.07 bits per heavy atom. The van der Waals surface area contributed by atoms with Gasteiger partial charge in [0.2, 0.25) is 23.6 Å². The molecule has 1 N–H and O–H groups in total. The van der Waals surface area contributed by atoms with Crippen LogP contribution in [0.15, 0.2) is 40.9 Å². The fourth-order valence-corrected chi connectivity index (χ4v) is 6.18. The van der Waals surface area contributed by atoms with Gasteiger partial charge in [0.05, 0.1) is 32.4 Å². The van der Waals surface area contributed by atoms with E-state index in [4.69, 9.17) is 19.2 Å². The van der Waals surface area contributed by atoms with Gasteiger partial charge in [-0.05, 0) is 75.5 Å². The molecule has 10 heteroatoms. The van der Waals surface area contributed by atoms with Crippen LogP contribution in [-0.2, 0) is 5.60 Å². The number of methoxy groups -OCH3 is 3. The highest BCUT2D eigenvalue weighted by molar-refractivity contribution is 9.10. The van der Waals surface area contributed by atoms with Crippen molar-refractivity contribution in [1.29, 1.82) is 0 Å². The number of halogens is 3. The second-order valence-corrected chi connectivity index (χ2v) is 11.9. The summed E-state index contributed by atoms with van der Waals surface area (Å²) in [5.74, 6) is -2.73. The van der Waals surface area contributed by atoms with E-state index in [1.54, 1.807) is 19.2 Å². The van der Waals surface area contributed by atoms with Crippen LogP contribution in [0.25, 0.3) is 10.9 Å². The maximum absolute atomic E-state index is 14.6. The maximum atomic E-state index is 14.6. The third-order valence-electron chi connectivity index (χ3n) is 7.86. The SMILES string of the molecule is COc1cc(C(O)(CCN(C)C)C(CC2CCCC(F)(F)C2)c2cc3cc(Br)ccc3nc2OC)cc(OC)n1. The first-order valence-corrected chi connectivity index (χ1v) is 14.3. The summed E-state index contributed by atoms with van der Waals surface area (Å²) in [5, 5.41) is 13.7. The van der Waals surface area contributed by atoms with Gasteiger partial charge in [-0.1, -0.05) is 15.9 Å². The van der Waals surface area contributed by atoms with E-state index >= 15 is 0 Å². The van der Waals surface area contributed by atoms with E-state index in [9.17, 15) is 13.9 Å². The van der Waals surface area contributed by atoms with Crippen molar-refractivity contribution < 1.29 is 28.1 Å². The molecule has 0 amide bonds. The third kappa shape index (κ3) is 6.83. The van der Waals surface area contributed by atoms with Crippen molar-refractivity contribution in [3.05, 3.63) is 52.0 Å². The van der Waals surface area contributed by atoms with E-state index in [0.717, 1.165) is 15.4 Å². The first-order chi connectivity index (χ1) is 19.0. The van der Waals surface area contributed by atoms with Crippen LogP contribution in [0.2, 0.25) is 0 Å².